The Bertz CT molecular complexity index is 68.6. The molecule has 0 rings (SSSR count). The molecule has 0 aliphatic heterocycles. The molecular formula is C7H17NSi2. The Morgan fingerprint density at radius 2 is 2.00 bits per heavy atom. The molecular weight excluding hydrogens is 154 g/mol. The zero-order valence-corrected chi connectivity index (χ0v) is 9.04. The van der Waals surface area contributed by atoms with Gasteiger partial charge in [0.15, 0.2) is 0 Å². The second kappa shape index (κ2) is 7.50. The second-order valence-electron chi connectivity index (χ2n) is 2.72. The van der Waals surface area contributed by atoms with Gasteiger partial charge in [-0.25, -0.2) is 0 Å². The third kappa shape index (κ3) is 6.51. The molecule has 0 atom stereocenters. The van der Waals surface area contributed by atoms with Crippen LogP contribution in [0.4, 0.5) is 0 Å². The molecule has 4 radical (unpaired) electrons. The van der Waals surface area contributed by atoms with Crippen LogP contribution in [0.2, 0.25) is 12.6 Å². The number of unbranched alkanes of at least 4 members (excludes halogenated alkanes) is 3. The summed E-state index contributed by atoms with van der Waals surface area (Å²) in [5.41, 5.74) is 0. The monoisotopic (exact) mass is 171 g/mol. The highest BCUT2D eigenvalue weighted by Gasteiger charge is 1.98. The minimum absolute atomic E-state index is 0.246. The number of hydrogen-bond acceptors (Lipinski definition) is 1. The molecule has 0 aromatic carbocycles. The molecule has 58 valence electrons. The van der Waals surface area contributed by atoms with Crippen LogP contribution in [0.5, 0.6) is 0 Å². The number of rotatable bonds is 6. The van der Waals surface area contributed by atoms with Crippen molar-refractivity contribution < 1.29 is 0 Å². The molecule has 3 heteroatoms. The molecule has 0 spiro atoms. The van der Waals surface area contributed by atoms with Crippen molar-refractivity contribution in [1.82, 2.24) is 4.65 Å². The predicted octanol–water partition coefficient (Wildman–Crippen LogP) is 1.86. The van der Waals surface area contributed by atoms with E-state index in [0.29, 0.717) is 0 Å². The summed E-state index contributed by atoms with van der Waals surface area (Å²) in [4.78, 5) is 0. The van der Waals surface area contributed by atoms with Gasteiger partial charge in [0, 0.05) is 0 Å². The number of hydrogen-bond donors (Lipinski definition) is 1. The molecule has 0 aromatic rings. The van der Waals surface area contributed by atoms with E-state index >= 15 is 0 Å². The van der Waals surface area contributed by atoms with Crippen LogP contribution in [0.1, 0.15) is 32.6 Å². The Hall–Kier alpha value is 0.394. The predicted molar refractivity (Wildman–Crippen MR) is 49.5 cm³/mol. The molecule has 0 aliphatic rings. The molecule has 0 amide bonds. The van der Waals surface area contributed by atoms with Crippen molar-refractivity contribution in [2.45, 2.75) is 45.2 Å². The van der Waals surface area contributed by atoms with Gasteiger partial charge in [-0.15, -0.1) is 0 Å². The fourth-order valence-corrected chi connectivity index (χ4v) is 2.16. The van der Waals surface area contributed by atoms with E-state index in [1.165, 1.54) is 31.7 Å². The SMILES string of the molecule is CCCCCC[Si](C)N[Si]. The van der Waals surface area contributed by atoms with Gasteiger partial charge < -0.3 is 4.65 Å². The van der Waals surface area contributed by atoms with Gasteiger partial charge in [-0.1, -0.05) is 39.2 Å². The van der Waals surface area contributed by atoms with Crippen LogP contribution in [-0.2, 0) is 0 Å². The van der Waals surface area contributed by atoms with E-state index in [0.717, 1.165) is 0 Å². The third-order valence-corrected chi connectivity index (χ3v) is 4.43. The van der Waals surface area contributed by atoms with Crippen LogP contribution in [-0.4, -0.2) is 19.4 Å². The van der Waals surface area contributed by atoms with Crippen LogP contribution in [0.25, 0.3) is 0 Å². The summed E-state index contributed by atoms with van der Waals surface area (Å²) < 4.78 is 3.15. The lowest BCUT2D eigenvalue weighted by Crippen LogP contribution is -2.27. The van der Waals surface area contributed by atoms with E-state index in [-0.39, 0.29) is 8.96 Å². The molecule has 1 N–H and O–H groups in total. The first-order chi connectivity index (χ1) is 4.81. The average Bonchev–Trinajstić information content (AvgIpc) is 1.98. The van der Waals surface area contributed by atoms with E-state index in [4.69, 9.17) is 0 Å². The number of nitrogens with one attached hydrogen (secondary N) is 1. The van der Waals surface area contributed by atoms with Crippen LogP contribution in [0.15, 0.2) is 0 Å². The fraction of sp³-hybridized carbons (Fsp3) is 1.00. The Morgan fingerprint density at radius 1 is 1.30 bits per heavy atom. The highest BCUT2D eigenvalue weighted by atomic mass is 28.3. The quantitative estimate of drug-likeness (QED) is 0.475. The van der Waals surface area contributed by atoms with E-state index in [1.807, 2.05) is 0 Å². The maximum absolute atomic E-state index is 3.32. The zero-order valence-electron chi connectivity index (χ0n) is 7.04. The third-order valence-electron chi connectivity index (χ3n) is 1.62. The Balaban J connectivity index is 2.89. The Labute approximate surface area is 69.8 Å². The van der Waals surface area contributed by atoms with Gasteiger partial charge in [-0.2, -0.15) is 0 Å². The largest absolute Gasteiger partial charge is 0.364 e. The van der Waals surface area contributed by atoms with Gasteiger partial charge in [-0.05, 0) is 6.04 Å². The molecule has 1 nitrogen and oxygen atoms in total. The lowest BCUT2D eigenvalue weighted by Gasteiger charge is -2.05. The van der Waals surface area contributed by atoms with Crippen molar-refractivity contribution in [3.63, 3.8) is 0 Å². The van der Waals surface area contributed by atoms with Crippen molar-refractivity contribution in [3.05, 3.63) is 0 Å². The molecule has 0 saturated carbocycles. The van der Waals surface area contributed by atoms with Gasteiger partial charge >= 0.3 is 0 Å². The highest BCUT2D eigenvalue weighted by molar-refractivity contribution is 6.60. The van der Waals surface area contributed by atoms with Crippen LogP contribution in [0.3, 0.4) is 0 Å². The highest BCUT2D eigenvalue weighted by Crippen LogP contribution is 2.03. The van der Waals surface area contributed by atoms with Crippen molar-refractivity contribution in [2.75, 3.05) is 0 Å². The Kier molecular flexibility index (Phi) is 7.80. The first-order valence-corrected chi connectivity index (χ1v) is 6.77. The Morgan fingerprint density at radius 3 is 2.50 bits per heavy atom. The van der Waals surface area contributed by atoms with Crippen LogP contribution in [0, 0.1) is 0 Å². The van der Waals surface area contributed by atoms with Gasteiger partial charge in [-0.3, -0.25) is 0 Å². The maximum atomic E-state index is 3.32. The molecule has 10 heavy (non-hydrogen) atoms. The van der Waals surface area contributed by atoms with Crippen molar-refractivity contribution >= 4 is 19.4 Å². The van der Waals surface area contributed by atoms with E-state index < -0.39 is 0 Å². The second-order valence-corrected chi connectivity index (χ2v) is 5.78. The first kappa shape index (κ1) is 10.4. The molecule has 0 aromatic heterocycles. The van der Waals surface area contributed by atoms with Gasteiger partial charge in [0.25, 0.3) is 0 Å². The van der Waals surface area contributed by atoms with Crippen molar-refractivity contribution in [1.29, 1.82) is 0 Å². The van der Waals surface area contributed by atoms with Gasteiger partial charge in [0.1, 0.15) is 19.4 Å². The van der Waals surface area contributed by atoms with Crippen LogP contribution >= 0.6 is 0 Å². The summed E-state index contributed by atoms with van der Waals surface area (Å²) in [7, 11) is 3.08. The van der Waals surface area contributed by atoms with Crippen molar-refractivity contribution in [2.24, 2.45) is 0 Å². The summed E-state index contributed by atoms with van der Waals surface area (Å²) in [6.07, 6.45) is 5.55. The smallest absolute Gasteiger partial charge is 0.132 e. The standard InChI is InChI=1S/C7H17NSi2/c1-3-4-5-6-7-10(2)8-9/h8H,3-7H2,1-2H3. The fourth-order valence-electron chi connectivity index (χ4n) is 0.879. The summed E-state index contributed by atoms with van der Waals surface area (Å²) in [6.45, 7) is 4.55. The zero-order chi connectivity index (χ0) is 7.82. The summed E-state index contributed by atoms with van der Waals surface area (Å²) in [6, 6.07) is 1.38. The summed E-state index contributed by atoms with van der Waals surface area (Å²) in [5.74, 6) is 0. The van der Waals surface area contributed by atoms with Crippen LogP contribution < -0.4 is 4.65 Å². The summed E-state index contributed by atoms with van der Waals surface area (Å²) >= 11 is 0. The molecule has 0 aliphatic carbocycles. The van der Waals surface area contributed by atoms with Crippen molar-refractivity contribution in [3.8, 4) is 0 Å². The lowest BCUT2D eigenvalue weighted by molar-refractivity contribution is 0.698. The minimum atomic E-state index is -0.246. The molecule has 0 saturated heterocycles. The summed E-state index contributed by atoms with van der Waals surface area (Å²) in [5, 5.41) is 0. The van der Waals surface area contributed by atoms with E-state index in [1.54, 1.807) is 0 Å². The van der Waals surface area contributed by atoms with E-state index in [2.05, 4.69) is 28.5 Å². The average molecular weight is 171 g/mol. The molecule has 0 unspecified atom stereocenters. The van der Waals surface area contributed by atoms with Gasteiger partial charge in [0.05, 0.1) is 0 Å². The molecule has 0 bridgehead atoms. The first-order valence-electron chi connectivity index (χ1n) is 4.06. The van der Waals surface area contributed by atoms with E-state index in [9.17, 15) is 0 Å². The maximum Gasteiger partial charge on any atom is 0.132 e. The minimum Gasteiger partial charge on any atom is -0.364 e. The normalized spacial score (nSPS) is 10.8. The topological polar surface area (TPSA) is 12.0 Å². The molecule has 0 fully saturated rings. The van der Waals surface area contributed by atoms with Gasteiger partial charge in [0.2, 0.25) is 0 Å². The lowest BCUT2D eigenvalue weighted by atomic mass is 10.2. The molecule has 0 heterocycles.